The van der Waals surface area contributed by atoms with Crippen LogP contribution in [-0.4, -0.2) is 24.0 Å². The molecule has 0 spiro atoms. The molecule has 1 aromatic carbocycles. The molecular weight excluding hydrogens is 368 g/mol. The molecule has 2 heterocycles. The number of benzene rings is 1. The van der Waals surface area contributed by atoms with E-state index in [1.165, 1.54) is 18.4 Å². The lowest BCUT2D eigenvalue weighted by molar-refractivity contribution is 0.0599. The van der Waals surface area contributed by atoms with Crippen LogP contribution in [0.1, 0.15) is 36.9 Å². The van der Waals surface area contributed by atoms with Crippen molar-refractivity contribution >= 4 is 40.2 Å². The molecule has 0 fully saturated rings. The molecule has 0 aliphatic rings. The number of rotatable bonds is 4. The first kappa shape index (κ1) is 18.3. The van der Waals surface area contributed by atoms with E-state index in [2.05, 4.69) is 10.3 Å². The van der Waals surface area contributed by atoms with Crippen LogP contribution in [0, 0.1) is 20.8 Å². The van der Waals surface area contributed by atoms with E-state index in [-0.39, 0.29) is 5.91 Å². The molecule has 0 atom stereocenters. The number of thiazole rings is 1. The summed E-state index contributed by atoms with van der Waals surface area (Å²) < 4.78 is 4.82. The third kappa shape index (κ3) is 3.54. The number of thiophene rings is 1. The number of hydrogen-bond donors (Lipinski definition) is 1. The number of carbonyl (C=O) groups is 2. The quantitative estimate of drug-likeness (QED) is 0.652. The fraction of sp³-hybridized carbons (Fsp3) is 0.211. The summed E-state index contributed by atoms with van der Waals surface area (Å²) in [4.78, 5) is 30.8. The lowest BCUT2D eigenvalue weighted by atomic mass is 10.0. The fourth-order valence-electron chi connectivity index (χ4n) is 2.55. The van der Waals surface area contributed by atoms with E-state index in [0.29, 0.717) is 21.8 Å². The average Bonchev–Trinajstić information content (AvgIpc) is 3.26. The molecule has 0 saturated carbocycles. The van der Waals surface area contributed by atoms with Crippen molar-refractivity contribution < 1.29 is 14.3 Å². The molecular formula is C19H18N2O3S2. The predicted octanol–water partition coefficient (Wildman–Crippen LogP) is 4.84. The molecule has 1 amide bonds. The molecule has 134 valence electrons. The number of hydrogen-bond acceptors (Lipinski definition) is 6. The zero-order valence-electron chi connectivity index (χ0n) is 14.9. The highest BCUT2D eigenvalue weighted by molar-refractivity contribution is 7.22. The number of esters is 1. The van der Waals surface area contributed by atoms with E-state index < -0.39 is 5.97 Å². The number of nitrogens with one attached hydrogen (secondary N) is 1. The van der Waals surface area contributed by atoms with Gasteiger partial charge in [-0.05, 0) is 55.5 Å². The van der Waals surface area contributed by atoms with E-state index >= 15 is 0 Å². The summed E-state index contributed by atoms with van der Waals surface area (Å²) in [5.41, 5.74) is 3.44. The van der Waals surface area contributed by atoms with Gasteiger partial charge in [0.25, 0.3) is 5.91 Å². The second kappa shape index (κ2) is 7.39. The summed E-state index contributed by atoms with van der Waals surface area (Å²) >= 11 is 2.95. The Labute approximate surface area is 159 Å². The van der Waals surface area contributed by atoms with Crippen molar-refractivity contribution in [3.63, 3.8) is 0 Å². The van der Waals surface area contributed by atoms with E-state index in [1.54, 1.807) is 17.4 Å². The van der Waals surface area contributed by atoms with Gasteiger partial charge in [-0.15, -0.1) is 22.7 Å². The number of anilines is 1. The van der Waals surface area contributed by atoms with Crippen LogP contribution in [0.2, 0.25) is 0 Å². The smallest absolute Gasteiger partial charge is 0.338 e. The lowest BCUT2D eigenvalue weighted by Crippen LogP contribution is -2.13. The van der Waals surface area contributed by atoms with E-state index in [0.717, 1.165) is 21.0 Å². The molecule has 2 aromatic heterocycles. The molecule has 1 N–H and O–H groups in total. The Hall–Kier alpha value is -2.51. The van der Waals surface area contributed by atoms with Crippen molar-refractivity contribution in [1.82, 2.24) is 4.98 Å². The molecule has 0 saturated heterocycles. The second-order valence-corrected chi connectivity index (χ2v) is 7.77. The minimum Gasteiger partial charge on any atom is -0.465 e. The largest absolute Gasteiger partial charge is 0.465 e. The Morgan fingerprint density at radius 1 is 1.19 bits per heavy atom. The number of amides is 1. The number of ether oxygens (including phenoxy) is 1. The van der Waals surface area contributed by atoms with Crippen molar-refractivity contribution in [3.8, 4) is 9.88 Å². The molecule has 0 aliphatic heterocycles. The van der Waals surface area contributed by atoms with Gasteiger partial charge in [0.05, 0.1) is 23.2 Å². The summed E-state index contributed by atoms with van der Waals surface area (Å²) in [5.74, 6) is -0.655. The summed E-state index contributed by atoms with van der Waals surface area (Å²) in [6.45, 7) is 5.57. The highest BCUT2D eigenvalue weighted by Gasteiger charge is 2.19. The van der Waals surface area contributed by atoms with Crippen molar-refractivity contribution in [3.05, 3.63) is 56.9 Å². The van der Waals surface area contributed by atoms with Crippen molar-refractivity contribution in [2.24, 2.45) is 0 Å². The molecule has 0 radical (unpaired) electrons. The van der Waals surface area contributed by atoms with Gasteiger partial charge in [-0.25, -0.2) is 9.78 Å². The second-order valence-electron chi connectivity index (χ2n) is 5.82. The fourth-order valence-corrected chi connectivity index (χ4v) is 4.31. The molecule has 3 aromatic rings. The summed E-state index contributed by atoms with van der Waals surface area (Å²) in [6.07, 6.45) is 0. The average molecular weight is 386 g/mol. The van der Waals surface area contributed by atoms with Crippen molar-refractivity contribution in [2.45, 2.75) is 20.8 Å². The maximum absolute atomic E-state index is 12.7. The van der Waals surface area contributed by atoms with Crippen LogP contribution in [0.5, 0.6) is 0 Å². The first-order chi connectivity index (χ1) is 12.4. The summed E-state index contributed by atoms with van der Waals surface area (Å²) in [5, 5.41) is 5.69. The minimum absolute atomic E-state index is 0.234. The monoisotopic (exact) mass is 386 g/mol. The van der Waals surface area contributed by atoms with Crippen LogP contribution in [0.25, 0.3) is 9.88 Å². The Bertz CT molecular complexity index is 975. The van der Waals surface area contributed by atoms with Gasteiger partial charge in [-0.3, -0.25) is 4.79 Å². The third-order valence-corrected chi connectivity index (χ3v) is 6.26. The SMILES string of the molecule is COC(=O)c1cc(NC(=O)c2sc(-c3cccs3)nc2C)cc(C)c1C. The maximum Gasteiger partial charge on any atom is 0.338 e. The molecule has 0 bridgehead atoms. The first-order valence-electron chi connectivity index (χ1n) is 7.93. The zero-order valence-corrected chi connectivity index (χ0v) is 16.5. The normalized spacial score (nSPS) is 10.6. The van der Waals surface area contributed by atoms with E-state index in [9.17, 15) is 9.59 Å². The van der Waals surface area contributed by atoms with Gasteiger partial charge in [0.1, 0.15) is 9.88 Å². The van der Waals surface area contributed by atoms with Crippen LogP contribution >= 0.6 is 22.7 Å². The molecule has 0 unspecified atom stereocenters. The van der Waals surface area contributed by atoms with Gasteiger partial charge in [0.15, 0.2) is 0 Å². The Morgan fingerprint density at radius 3 is 2.62 bits per heavy atom. The van der Waals surface area contributed by atoms with Gasteiger partial charge in [0.2, 0.25) is 0 Å². The molecule has 7 heteroatoms. The molecule has 5 nitrogen and oxygen atoms in total. The van der Waals surface area contributed by atoms with Crippen LogP contribution < -0.4 is 5.32 Å². The lowest BCUT2D eigenvalue weighted by Gasteiger charge is -2.11. The van der Waals surface area contributed by atoms with Gasteiger partial charge in [-0.2, -0.15) is 0 Å². The Morgan fingerprint density at radius 2 is 1.96 bits per heavy atom. The number of carbonyl (C=O) groups excluding carboxylic acids is 2. The number of aromatic nitrogens is 1. The van der Waals surface area contributed by atoms with Crippen LogP contribution in [0.4, 0.5) is 5.69 Å². The third-order valence-electron chi connectivity index (χ3n) is 4.07. The van der Waals surface area contributed by atoms with Gasteiger partial charge in [-0.1, -0.05) is 6.07 Å². The van der Waals surface area contributed by atoms with Gasteiger partial charge < -0.3 is 10.1 Å². The summed E-state index contributed by atoms with van der Waals surface area (Å²) in [7, 11) is 1.34. The highest BCUT2D eigenvalue weighted by Crippen LogP contribution is 2.31. The first-order valence-corrected chi connectivity index (χ1v) is 9.62. The van der Waals surface area contributed by atoms with Crippen molar-refractivity contribution in [1.29, 1.82) is 0 Å². The van der Waals surface area contributed by atoms with Gasteiger partial charge in [0, 0.05) is 5.69 Å². The topological polar surface area (TPSA) is 68.3 Å². The molecule has 3 rings (SSSR count). The Balaban J connectivity index is 1.89. The summed E-state index contributed by atoms with van der Waals surface area (Å²) in [6, 6.07) is 7.43. The number of nitrogens with zero attached hydrogens (tertiary/aromatic N) is 1. The van der Waals surface area contributed by atoms with Crippen LogP contribution in [0.15, 0.2) is 29.6 Å². The van der Waals surface area contributed by atoms with Gasteiger partial charge >= 0.3 is 5.97 Å². The number of methoxy groups -OCH3 is 1. The molecule has 0 aliphatic carbocycles. The number of aryl methyl sites for hydroxylation is 2. The molecule has 26 heavy (non-hydrogen) atoms. The standard InChI is InChI=1S/C19H18N2O3S2/c1-10-8-13(9-14(11(10)2)19(23)24-4)21-17(22)16-12(3)20-18(26-16)15-6-5-7-25-15/h5-9H,1-4H3,(H,21,22). The highest BCUT2D eigenvalue weighted by atomic mass is 32.1. The van der Waals surface area contributed by atoms with E-state index in [1.807, 2.05) is 44.4 Å². The van der Waals surface area contributed by atoms with Crippen LogP contribution in [0.3, 0.4) is 0 Å². The maximum atomic E-state index is 12.7. The minimum atomic E-state index is -0.421. The van der Waals surface area contributed by atoms with Crippen LogP contribution in [-0.2, 0) is 4.74 Å². The Kier molecular flexibility index (Phi) is 5.20. The zero-order chi connectivity index (χ0) is 18.8. The van der Waals surface area contributed by atoms with Crippen molar-refractivity contribution in [2.75, 3.05) is 12.4 Å². The van der Waals surface area contributed by atoms with E-state index in [4.69, 9.17) is 4.74 Å². The predicted molar refractivity (Wildman–Crippen MR) is 105 cm³/mol.